The molecule has 1 aromatic heterocycles. The summed E-state index contributed by atoms with van der Waals surface area (Å²) in [7, 11) is -3.59. The predicted octanol–water partition coefficient (Wildman–Crippen LogP) is 2.04. The second kappa shape index (κ2) is 5.29. The standard InChI is InChI=1S/C11H11N3O3S2/c12-11(15)13-8-3-1-4-9(7-8)14-19(16,17)10-5-2-6-18-10/h1-7,14H,(H3,12,13,15). The number of benzene rings is 1. The fourth-order valence-corrected chi connectivity index (χ4v) is 3.47. The molecule has 0 unspecified atom stereocenters. The fourth-order valence-electron chi connectivity index (χ4n) is 1.42. The number of carbonyl (C=O) groups is 1. The van der Waals surface area contributed by atoms with Crippen LogP contribution in [0.2, 0.25) is 0 Å². The fraction of sp³-hybridized carbons (Fsp3) is 0. The van der Waals surface area contributed by atoms with E-state index in [4.69, 9.17) is 5.73 Å². The number of urea groups is 1. The van der Waals surface area contributed by atoms with Gasteiger partial charge < -0.3 is 11.1 Å². The van der Waals surface area contributed by atoms with E-state index in [-0.39, 0.29) is 4.21 Å². The largest absolute Gasteiger partial charge is 0.351 e. The summed E-state index contributed by atoms with van der Waals surface area (Å²) < 4.78 is 26.6. The maximum atomic E-state index is 12.0. The predicted molar refractivity (Wildman–Crippen MR) is 74.8 cm³/mol. The number of rotatable bonds is 4. The molecular weight excluding hydrogens is 286 g/mol. The molecule has 6 nitrogen and oxygen atoms in total. The van der Waals surface area contributed by atoms with Crippen molar-refractivity contribution in [3.8, 4) is 0 Å². The van der Waals surface area contributed by atoms with Gasteiger partial charge in [-0.05, 0) is 29.6 Å². The number of thiophene rings is 1. The van der Waals surface area contributed by atoms with E-state index in [9.17, 15) is 13.2 Å². The lowest BCUT2D eigenvalue weighted by Gasteiger charge is -2.08. The van der Waals surface area contributed by atoms with Gasteiger partial charge in [0.15, 0.2) is 0 Å². The van der Waals surface area contributed by atoms with Crippen molar-refractivity contribution in [3.63, 3.8) is 0 Å². The second-order valence-electron chi connectivity index (χ2n) is 3.61. The number of carbonyl (C=O) groups excluding carboxylic acids is 1. The van der Waals surface area contributed by atoms with E-state index in [1.54, 1.807) is 29.6 Å². The second-order valence-corrected chi connectivity index (χ2v) is 6.46. The van der Waals surface area contributed by atoms with Crippen molar-refractivity contribution in [2.75, 3.05) is 10.0 Å². The van der Waals surface area contributed by atoms with Gasteiger partial charge >= 0.3 is 6.03 Å². The first-order chi connectivity index (χ1) is 8.97. The Bertz CT molecular complexity index is 681. The van der Waals surface area contributed by atoms with Crippen LogP contribution >= 0.6 is 11.3 Å². The summed E-state index contributed by atoms with van der Waals surface area (Å²) in [5.41, 5.74) is 5.75. The van der Waals surface area contributed by atoms with Gasteiger partial charge in [-0.1, -0.05) is 12.1 Å². The Labute approximate surface area is 114 Å². The average Bonchev–Trinajstić information content (AvgIpc) is 2.81. The zero-order chi connectivity index (χ0) is 13.9. The van der Waals surface area contributed by atoms with E-state index in [1.807, 2.05) is 0 Å². The molecule has 4 N–H and O–H groups in total. The van der Waals surface area contributed by atoms with Crippen LogP contribution in [0.3, 0.4) is 0 Å². The molecule has 0 aliphatic rings. The smallest absolute Gasteiger partial charge is 0.316 e. The quantitative estimate of drug-likeness (QED) is 0.804. The monoisotopic (exact) mass is 297 g/mol. The van der Waals surface area contributed by atoms with Crippen LogP contribution in [0.15, 0.2) is 46.0 Å². The molecule has 0 saturated heterocycles. The summed E-state index contributed by atoms with van der Waals surface area (Å²) in [6.07, 6.45) is 0. The van der Waals surface area contributed by atoms with Crippen LogP contribution in [0.1, 0.15) is 0 Å². The number of anilines is 2. The topological polar surface area (TPSA) is 101 Å². The first-order valence-corrected chi connectivity index (χ1v) is 7.56. The van der Waals surface area contributed by atoms with Crippen molar-refractivity contribution in [3.05, 3.63) is 41.8 Å². The van der Waals surface area contributed by atoms with Crippen LogP contribution in [-0.2, 0) is 10.0 Å². The Morgan fingerprint density at radius 1 is 1.16 bits per heavy atom. The normalized spacial score (nSPS) is 10.9. The van der Waals surface area contributed by atoms with Crippen molar-refractivity contribution in [1.82, 2.24) is 0 Å². The van der Waals surface area contributed by atoms with Crippen LogP contribution in [0.4, 0.5) is 16.2 Å². The third-order valence-electron chi connectivity index (χ3n) is 2.14. The molecule has 8 heteroatoms. The minimum atomic E-state index is -3.59. The molecule has 2 aromatic rings. The van der Waals surface area contributed by atoms with Gasteiger partial charge in [0, 0.05) is 5.69 Å². The number of hydrogen-bond donors (Lipinski definition) is 3. The number of hydrogen-bond acceptors (Lipinski definition) is 4. The molecule has 0 radical (unpaired) electrons. The molecule has 2 amide bonds. The lowest BCUT2D eigenvalue weighted by atomic mass is 10.3. The molecule has 2 rings (SSSR count). The number of nitrogens with two attached hydrogens (primary N) is 1. The highest BCUT2D eigenvalue weighted by Gasteiger charge is 2.15. The van der Waals surface area contributed by atoms with Crippen LogP contribution in [0, 0.1) is 0 Å². The molecule has 0 atom stereocenters. The molecule has 0 aliphatic carbocycles. The summed E-state index contributed by atoms with van der Waals surface area (Å²) in [6, 6.07) is 8.74. The number of nitrogens with one attached hydrogen (secondary N) is 2. The van der Waals surface area contributed by atoms with E-state index in [1.165, 1.54) is 12.1 Å². The first kappa shape index (κ1) is 13.4. The molecule has 19 heavy (non-hydrogen) atoms. The number of amides is 2. The first-order valence-electron chi connectivity index (χ1n) is 5.20. The summed E-state index contributed by atoms with van der Waals surface area (Å²) in [5, 5.41) is 4.05. The van der Waals surface area contributed by atoms with E-state index in [0.29, 0.717) is 11.4 Å². The van der Waals surface area contributed by atoms with Crippen LogP contribution < -0.4 is 15.8 Å². The minimum absolute atomic E-state index is 0.223. The highest BCUT2D eigenvalue weighted by Crippen LogP contribution is 2.22. The van der Waals surface area contributed by atoms with Gasteiger partial charge in [0.2, 0.25) is 0 Å². The van der Waals surface area contributed by atoms with Gasteiger partial charge in [0.25, 0.3) is 10.0 Å². The van der Waals surface area contributed by atoms with Gasteiger partial charge in [-0.3, -0.25) is 4.72 Å². The van der Waals surface area contributed by atoms with Gasteiger partial charge in [-0.2, -0.15) is 0 Å². The molecule has 0 fully saturated rings. The van der Waals surface area contributed by atoms with Crippen molar-refractivity contribution in [1.29, 1.82) is 0 Å². The molecule has 0 spiro atoms. The Hall–Kier alpha value is -2.06. The van der Waals surface area contributed by atoms with Gasteiger partial charge in [-0.25, -0.2) is 13.2 Å². The van der Waals surface area contributed by atoms with E-state index < -0.39 is 16.1 Å². The number of sulfonamides is 1. The third kappa shape index (κ3) is 3.46. The summed E-state index contributed by atoms with van der Waals surface area (Å²) in [6.45, 7) is 0. The lowest BCUT2D eigenvalue weighted by molar-refractivity contribution is 0.259. The molecule has 100 valence electrons. The lowest BCUT2D eigenvalue weighted by Crippen LogP contribution is -2.19. The Kier molecular flexibility index (Phi) is 3.72. The molecule has 1 heterocycles. The molecular formula is C11H11N3O3S2. The Morgan fingerprint density at radius 2 is 1.89 bits per heavy atom. The maximum absolute atomic E-state index is 12.0. The van der Waals surface area contributed by atoms with Gasteiger partial charge in [0.05, 0.1) is 5.69 Å². The van der Waals surface area contributed by atoms with Crippen LogP contribution in [-0.4, -0.2) is 14.4 Å². The minimum Gasteiger partial charge on any atom is -0.351 e. The highest BCUT2D eigenvalue weighted by atomic mass is 32.2. The maximum Gasteiger partial charge on any atom is 0.316 e. The van der Waals surface area contributed by atoms with E-state index in [0.717, 1.165) is 11.3 Å². The molecule has 0 bridgehead atoms. The third-order valence-corrected chi connectivity index (χ3v) is 4.92. The van der Waals surface area contributed by atoms with Crippen molar-refractivity contribution >= 4 is 38.8 Å². The van der Waals surface area contributed by atoms with E-state index >= 15 is 0 Å². The van der Waals surface area contributed by atoms with Crippen molar-refractivity contribution in [2.45, 2.75) is 4.21 Å². The highest BCUT2D eigenvalue weighted by molar-refractivity contribution is 7.94. The Balaban J connectivity index is 2.22. The van der Waals surface area contributed by atoms with Crippen LogP contribution in [0.5, 0.6) is 0 Å². The SMILES string of the molecule is NC(=O)Nc1cccc(NS(=O)(=O)c2cccs2)c1. The zero-order valence-electron chi connectivity index (χ0n) is 9.66. The molecule has 1 aromatic carbocycles. The Morgan fingerprint density at radius 3 is 2.53 bits per heavy atom. The zero-order valence-corrected chi connectivity index (χ0v) is 11.3. The summed E-state index contributed by atoms with van der Waals surface area (Å²) in [5.74, 6) is 0. The average molecular weight is 297 g/mol. The number of primary amides is 1. The molecule has 0 saturated carbocycles. The van der Waals surface area contributed by atoms with Crippen molar-refractivity contribution < 1.29 is 13.2 Å². The van der Waals surface area contributed by atoms with Gasteiger partial charge in [-0.15, -0.1) is 11.3 Å². The van der Waals surface area contributed by atoms with Crippen LogP contribution in [0.25, 0.3) is 0 Å². The summed E-state index contributed by atoms with van der Waals surface area (Å²) >= 11 is 1.12. The summed E-state index contributed by atoms with van der Waals surface area (Å²) in [4.78, 5) is 10.7. The van der Waals surface area contributed by atoms with Crippen molar-refractivity contribution in [2.24, 2.45) is 5.73 Å². The molecule has 0 aliphatic heterocycles. The van der Waals surface area contributed by atoms with Gasteiger partial charge in [0.1, 0.15) is 4.21 Å². The van der Waals surface area contributed by atoms with E-state index in [2.05, 4.69) is 10.0 Å².